The highest BCUT2D eigenvalue weighted by molar-refractivity contribution is 5.73. The zero-order valence-electron chi connectivity index (χ0n) is 13.2. The van der Waals surface area contributed by atoms with Gasteiger partial charge < -0.3 is 5.32 Å². The van der Waals surface area contributed by atoms with Gasteiger partial charge in [-0.2, -0.15) is 9.61 Å². The maximum atomic E-state index is 4.56. The molecule has 1 N–H and O–H groups in total. The van der Waals surface area contributed by atoms with Gasteiger partial charge in [-0.15, -0.1) is 15.3 Å². The first kappa shape index (κ1) is 14.3. The Bertz CT molecular complexity index is 957. The van der Waals surface area contributed by atoms with Gasteiger partial charge in [0.25, 0.3) is 0 Å². The highest BCUT2D eigenvalue weighted by Gasteiger charge is 2.09. The summed E-state index contributed by atoms with van der Waals surface area (Å²) >= 11 is 0. The molecule has 0 unspecified atom stereocenters. The molecule has 1 aromatic carbocycles. The molecule has 0 fully saturated rings. The van der Waals surface area contributed by atoms with Gasteiger partial charge in [-0.25, -0.2) is 0 Å². The van der Waals surface area contributed by atoms with Crippen LogP contribution in [0, 0.1) is 6.92 Å². The van der Waals surface area contributed by atoms with Crippen LogP contribution in [-0.2, 0) is 6.54 Å². The topological polar surface area (TPSA) is 85.8 Å². The van der Waals surface area contributed by atoms with Crippen molar-refractivity contribution in [2.75, 3.05) is 11.9 Å². The summed E-state index contributed by atoms with van der Waals surface area (Å²) in [6.07, 6.45) is 3.52. The lowest BCUT2D eigenvalue weighted by Crippen LogP contribution is -2.12. The van der Waals surface area contributed by atoms with Gasteiger partial charge in [0, 0.05) is 18.3 Å². The van der Waals surface area contributed by atoms with Crippen LogP contribution in [0.1, 0.15) is 5.69 Å². The lowest BCUT2D eigenvalue weighted by molar-refractivity contribution is 0.609. The third-order valence-corrected chi connectivity index (χ3v) is 3.65. The Morgan fingerprint density at radius 3 is 2.79 bits per heavy atom. The predicted octanol–water partition coefficient (Wildman–Crippen LogP) is 1.80. The molecule has 4 rings (SSSR count). The summed E-state index contributed by atoms with van der Waals surface area (Å²) in [5.41, 5.74) is 4.40. The van der Waals surface area contributed by atoms with Crippen molar-refractivity contribution in [1.82, 2.24) is 34.8 Å². The average Bonchev–Trinajstić information content (AvgIpc) is 3.24. The lowest BCUT2D eigenvalue weighted by atomic mass is 10.1. The highest BCUT2D eigenvalue weighted by atomic mass is 15.4. The summed E-state index contributed by atoms with van der Waals surface area (Å²) in [6, 6.07) is 12.0. The van der Waals surface area contributed by atoms with E-state index in [4.69, 9.17) is 0 Å². The lowest BCUT2D eigenvalue weighted by Gasteiger charge is -2.09. The summed E-state index contributed by atoms with van der Waals surface area (Å²) < 4.78 is 3.49. The van der Waals surface area contributed by atoms with E-state index in [1.54, 1.807) is 10.8 Å². The summed E-state index contributed by atoms with van der Waals surface area (Å²) in [7, 11) is 0. The summed E-state index contributed by atoms with van der Waals surface area (Å²) in [4.78, 5) is 0. The van der Waals surface area contributed by atoms with Crippen molar-refractivity contribution in [1.29, 1.82) is 0 Å². The molecular weight excluding hydrogens is 304 g/mol. The number of nitrogens with one attached hydrogen (secondary N) is 1. The van der Waals surface area contributed by atoms with Crippen LogP contribution in [0.2, 0.25) is 0 Å². The van der Waals surface area contributed by atoms with Gasteiger partial charge in [-0.1, -0.05) is 35.5 Å². The number of fused-ring (bicyclic) bond motifs is 1. The maximum Gasteiger partial charge on any atom is 0.200 e. The molecule has 0 aliphatic rings. The Morgan fingerprint density at radius 1 is 1.12 bits per heavy atom. The van der Waals surface area contributed by atoms with E-state index >= 15 is 0 Å². The Morgan fingerprint density at radius 2 is 2.00 bits per heavy atom. The number of rotatable bonds is 5. The van der Waals surface area contributed by atoms with E-state index in [2.05, 4.69) is 30.9 Å². The second kappa shape index (κ2) is 6.07. The van der Waals surface area contributed by atoms with E-state index in [1.165, 1.54) is 0 Å². The zero-order valence-corrected chi connectivity index (χ0v) is 13.2. The van der Waals surface area contributed by atoms with E-state index in [1.807, 2.05) is 54.2 Å². The van der Waals surface area contributed by atoms with Crippen molar-refractivity contribution in [3.05, 3.63) is 54.6 Å². The number of anilines is 1. The minimum absolute atomic E-state index is 0.698. The molecule has 3 heterocycles. The van der Waals surface area contributed by atoms with Gasteiger partial charge in [0.2, 0.25) is 5.65 Å². The van der Waals surface area contributed by atoms with Crippen molar-refractivity contribution >= 4 is 11.3 Å². The fraction of sp³-hybridized carbons (Fsp3) is 0.188. The van der Waals surface area contributed by atoms with Crippen LogP contribution in [0.15, 0.2) is 48.9 Å². The summed E-state index contributed by atoms with van der Waals surface area (Å²) in [6.45, 7) is 3.33. The fourth-order valence-corrected chi connectivity index (χ4v) is 2.52. The van der Waals surface area contributed by atoms with Crippen LogP contribution in [0.5, 0.6) is 0 Å². The number of hydrogen-bond acceptors (Lipinski definition) is 6. The molecule has 0 atom stereocenters. The predicted molar refractivity (Wildman–Crippen MR) is 89.5 cm³/mol. The number of hydrogen-bond donors (Lipinski definition) is 1. The Labute approximate surface area is 138 Å². The molecule has 8 nitrogen and oxygen atoms in total. The van der Waals surface area contributed by atoms with Crippen molar-refractivity contribution in [2.24, 2.45) is 0 Å². The van der Waals surface area contributed by atoms with Crippen LogP contribution in [0.4, 0.5) is 5.69 Å². The third kappa shape index (κ3) is 2.81. The van der Waals surface area contributed by atoms with E-state index < -0.39 is 0 Å². The van der Waals surface area contributed by atoms with Crippen LogP contribution >= 0.6 is 0 Å². The smallest absolute Gasteiger partial charge is 0.200 e. The molecule has 0 saturated heterocycles. The number of aromatic nitrogens is 7. The molecule has 0 radical (unpaired) electrons. The standard InChI is InChI=1S/C16H16N8/c1-12-10-23(22-19-12)8-7-17-15-9-14(13-5-3-2-4-6-13)21-24-11-18-20-16(15)24/h2-6,9-11,17H,7-8H2,1H3. The molecule has 0 bridgehead atoms. The third-order valence-electron chi connectivity index (χ3n) is 3.65. The minimum Gasteiger partial charge on any atom is -0.380 e. The second-order valence-corrected chi connectivity index (χ2v) is 5.46. The molecule has 4 aromatic rings. The van der Waals surface area contributed by atoms with Gasteiger partial charge in [-0.3, -0.25) is 4.68 Å². The van der Waals surface area contributed by atoms with E-state index in [-0.39, 0.29) is 0 Å². The highest BCUT2D eigenvalue weighted by Crippen LogP contribution is 2.22. The molecule has 0 spiro atoms. The van der Waals surface area contributed by atoms with Crippen LogP contribution in [0.3, 0.4) is 0 Å². The minimum atomic E-state index is 0.698. The normalized spacial score (nSPS) is 11.0. The van der Waals surface area contributed by atoms with Crippen molar-refractivity contribution in [2.45, 2.75) is 13.5 Å². The van der Waals surface area contributed by atoms with Gasteiger partial charge >= 0.3 is 0 Å². The van der Waals surface area contributed by atoms with Crippen molar-refractivity contribution in [3.8, 4) is 11.3 Å². The molecule has 0 amide bonds. The Hall–Kier alpha value is -3.29. The number of nitrogens with zero attached hydrogens (tertiary/aromatic N) is 7. The molecule has 24 heavy (non-hydrogen) atoms. The Kier molecular flexibility index (Phi) is 3.62. The van der Waals surface area contributed by atoms with Crippen molar-refractivity contribution < 1.29 is 0 Å². The molecule has 3 aromatic heterocycles. The summed E-state index contributed by atoms with van der Waals surface area (Å²) in [5, 5.41) is 24.1. The van der Waals surface area contributed by atoms with Crippen LogP contribution in [0.25, 0.3) is 16.9 Å². The van der Waals surface area contributed by atoms with Gasteiger partial charge in [-0.05, 0) is 13.0 Å². The maximum absolute atomic E-state index is 4.56. The van der Waals surface area contributed by atoms with Gasteiger partial charge in [0.05, 0.1) is 23.6 Å². The van der Waals surface area contributed by atoms with E-state index in [0.29, 0.717) is 18.7 Å². The SMILES string of the molecule is Cc1cn(CCNc2cc(-c3ccccc3)nn3cnnc23)nn1. The first-order valence-corrected chi connectivity index (χ1v) is 7.67. The average molecular weight is 320 g/mol. The molecule has 0 aliphatic carbocycles. The number of benzene rings is 1. The van der Waals surface area contributed by atoms with E-state index in [9.17, 15) is 0 Å². The first-order valence-electron chi connectivity index (χ1n) is 7.67. The largest absolute Gasteiger partial charge is 0.380 e. The fourth-order valence-electron chi connectivity index (χ4n) is 2.52. The molecule has 120 valence electrons. The Balaban J connectivity index is 1.60. The van der Waals surface area contributed by atoms with Crippen LogP contribution < -0.4 is 5.32 Å². The zero-order chi connectivity index (χ0) is 16.4. The van der Waals surface area contributed by atoms with Crippen molar-refractivity contribution in [3.63, 3.8) is 0 Å². The molecule has 8 heteroatoms. The van der Waals surface area contributed by atoms with Gasteiger partial charge in [0.1, 0.15) is 6.33 Å². The molecule has 0 saturated carbocycles. The number of aryl methyl sites for hydroxylation is 1. The molecule has 0 aliphatic heterocycles. The first-order chi connectivity index (χ1) is 11.8. The quantitative estimate of drug-likeness (QED) is 0.603. The van der Waals surface area contributed by atoms with E-state index in [0.717, 1.165) is 22.6 Å². The second-order valence-electron chi connectivity index (χ2n) is 5.46. The summed E-state index contributed by atoms with van der Waals surface area (Å²) in [5.74, 6) is 0. The van der Waals surface area contributed by atoms with Crippen LogP contribution in [-0.4, -0.2) is 41.4 Å². The molecular formula is C16H16N8. The monoisotopic (exact) mass is 320 g/mol. The van der Waals surface area contributed by atoms with Gasteiger partial charge in [0.15, 0.2) is 0 Å².